The van der Waals surface area contributed by atoms with Gasteiger partial charge in [0, 0.05) is 17.1 Å². The van der Waals surface area contributed by atoms with E-state index >= 15 is 0 Å². The zero-order chi connectivity index (χ0) is 13.0. The second-order valence-electron chi connectivity index (χ2n) is 3.63. The van der Waals surface area contributed by atoms with E-state index in [1.807, 2.05) is 0 Å². The summed E-state index contributed by atoms with van der Waals surface area (Å²) < 4.78 is 5.47. The van der Waals surface area contributed by atoms with E-state index in [9.17, 15) is 9.59 Å². The van der Waals surface area contributed by atoms with Crippen molar-refractivity contribution in [3.05, 3.63) is 34.3 Å². The monoisotopic (exact) mass is 299 g/mol. The van der Waals surface area contributed by atoms with Crippen LogP contribution in [0, 0.1) is 0 Å². The number of likely N-dealkylation sites (N-methyl/N-ethyl adjacent to an activating group) is 1. The van der Waals surface area contributed by atoms with Crippen LogP contribution < -0.4 is 0 Å². The molecule has 1 aromatic carbocycles. The number of amides is 1. The number of Topliss-reactive ketones (excluding diaryl/α,β-unsaturated/α-hetero) is 1. The van der Waals surface area contributed by atoms with E-state index < -0.39 is 12.1 Å². The molecule has 0 fully saturated rings. The minimum Gasteiger partial charge on any atom is -0.453 e. The Kier molecular flexibility index (Phi) is 4.69. The average molecular weight is 300 g/mol. The van der Waals surface area contributed by atoms with Gasteiger partial charge >= 0.3 is 6.09 Å². The Hall–Kier alpha value is -1.36. The maximum Gasteiger partial charge on any atom is 0.409 e. The SMILES string of the molecule is COC(=O)N(C)C(C)C(=O)c1ccc(Br)cc1. The lowest BCUT2D eigenvalue weighted by molar-refractivity contribution is 0.0815. The first-order chi connectivity index (χ1) is 7.97. The molecule has 4 nitrogen and oxygen atoms in total. The molecular weight excluding hydrogens is 286 g/mol. The maximum atomic E-state index is 12.1. The molecule has 0 N–H and O–H groups in total. The largest absolute Gasteiger partial charge is 0.453 e. The molecule has 92 valence electrons. The summed E-state index contributed by atoms with van der Waals surface area (Å²) in [5.41, 5.74) is 0.566. The fourth-order valence-electron chi connectivity index (χ4n) is 1.33. The Morgan fingerprint density at radius 3 is 2.29 bits per heavy atom. The third-order valence-corrected chi connectivity index (χ3v) is 3.08. The number of methoxy groups -OCH3 is 1. The summed E-state index contributed by atoms with van der Waals surface area (Å²) in [7, 11) is 2.82. The van der Waals surface area contributed by atoms with Gasteiger partial charge in [-0.15, -0.1) is 0 Å². The van der Waals surface area contributed by atoms with Crippen LogP contribution >= 0.6 is 15.9 Å². The topological polar surface area (TPSA) is 46.6 Å². The molecule has 1 unspecified atom stereocenters. The Labute approximate surface area is 109 Å². The van der Waals surface area contributed by atoms with Gasteiger partial charge in [-0.25, -0.2) is 4.79 Å². The van der Waals surface area contributed by atoms with Gasteiger partial charge in [-0.3, -0.25) is 4.79 Å². The zero-order valence-electron chi connectivity index (χ0n) is 9.94. The molecule has 0 heterocycles. The van der Waals surface area contributed by atoms with Crippen molar-refractivity contribution >= 4 is 27.8 Å². The number of hydrogen-bond acceptors (Lipinski definition) is 3. The molecule has 1 rings (SSSR count). The third-order valence-electron chi connectivity index (χ3n) is 2.55. The highest BCUT2D eigenvalue weighted by Gasteiger charge is 2.23. The van der Waals surface area contributed by atoms with E-state index in [-0.39, 0.29) is 5.78 Å². The number of benzene rings is 1. The van der Waals surface area contributed by atoms with Crippen LogP contribution in [0.4, 0.5) is 4.79 Å². The van der Waals surface area contributed by atoms with Crippen LogP contribution in [0.1, 0.15) is 17.3 Å². The first-order valence-corrected chi connectivity index (χ1v) is 5.87. The molecule has 5 heteroatoms. The zero-order valence-corrected chi connectivity index (χ0v) is 11.5. The molecule has 0 aromatic heterocycles. The molecule has 0 spiro atoms. The molecule has 0 aliphatic rings. The van der Waals surface area contributed by atoms with Gasteiger partial charge in [-0.2, -0.15) is 0 Å². The first-order valence-electron chi connectivity index (χ1n) is 5.08. The van der Waals surface area contributed by atoms with Gasteiger partial charge in [0.1, 0.15) is 0 Å². The number of ketones is 1. The Morgan fingerprint density at radius 2 is 1.82 bits per heavy atom. The van der Waals surface area contributed by atoms with E-state index in [1.54, 1.807) is 31.2 Å². The molecule has 0 saturated carbocycles. The van der Waals surface area contributed by atoms with Crippen molar-refractivity contribution in [2.24, 2.45) is 0 Å². The quantitative estimate of drug-likeness (QED) is 0.806. The maximum absolute atomic E-state index is 12.1. The lowest BCUT2D eigenvalue weighted by atomic mass is 10.1. The molecule has 0 radical (unpaired) electrons. The highest BCUT2D eigenvalue weighted by Crippen LogP contribution is 2.13. The molecule has 0 bridgehead atoms. The van der Waals surface area contributed by atoms with Gasteiger partial charge in [0.2, 0.25) is 0 Å². The van der Waals surface area contributed by atoms with E-state index in [0.717, 1.165) is 4.47 Å². The van der Waals surface area contributed by atoms with E-state index in [1.165, 1.54) is 19.1 Å². The number of ether oxygens (including phenoxy) is 1. The van der Waals surface area contributed by atoms with Crippen molar-refractivity contribution in [2.45, 2.75) is 13.0 Å². The molecule has 17 heavy (non-hydrogen) atoms. The number of rotatable bonds is 3. The first kappa shape index (κ1) is 13.7. The fourth-order valence-corrected chi connectivity index (χ4v) is 1.60. The molecule has 0 saturated heterocycles. The van der Waals surface area contributed by atoms with Crippen molar-refractivity contribution < 1.29 is 14.3 Å². The summed E-state index contributed by atoms with van der Waals surface area (Å²) in [6, 6.07) is 6.46. The highest BCUT2D eigenvalue weighted by molar-refractivity contribution is 9.10. The molecule has 1 aromatic rings. The van der Waals surface area contributed by atoms with Gasteiger partial charge in [0.15, 0.2) is 5.78 Å². The minimum atomic E-state index is -0.552. The standard InChI is InChI=1S/C12H14BrNO3/c1-8(14(2)12(16)17-3)11(15)9-4-6-10(13)7-5-9/h4-8H,1-3H3. The van der Waals surface area contributed by atoms with Gasteiger partial charge < -0.3 is 9.64 Å². The molecule has 0 aliphatic heterocycles. The van der Waals surface area contributed by atoms with Gasteiger partial charge in [-0.05, 0) is 19.1 Å². The number of hydrogen-bond donors (Lipinski definition) is 0. The number of carbonyl (C=O) groups is 2. The minimum absolute atomic E-state index is 0.120. The summed E-state index contributed by atoms with van der Waals surface area (Å²) in [4.78, 5) is 24.6. The molecular formula is C12H14BrNO3. The van der Waals surface area contributed by atoms with Crippen molar-refractivity contribution in [1.29, 1.82) is 0 Å². The van der Waals surface area contributed by atoms with Crippen LogP contribution in [-0.4, -0.2) is 37.0 Å². The normalized spacial score (nSPS) is 11.8. The highest BCUT2D eigenvalue weighted by atomic mass is 79.9. The van der Waals surface area contributed by atoms with Crippen molar-refractivity contribution in [3.63, 3.8) is 0 Å². The Balaban J connectivity index is 2.83. The Morgan fingerprint density at radius 1 is 1.29 bits per heavy atom. The summed E-state index contributed by atoms with van der Waals surface area (Å²) in [6.45, 7) is 1.67. The predicted octanol–water partition coefficient (Wildman–Crippen LogP) is 2.72. The molecule has 1 atom stereocenters. The summed E-state index contributed by atoms with van der Waals surface area (Å²) in [5, 5.41) is 0. The van der Waals surface area contributed by atoms with Crippen LogP contribution in [0.25, 0.3) is 0 Å². The summed E-state index contributed by atoms with van der Waals surface area (Å²) in [6.07, 6.45) is -0.525. The van der Waals surface area contributed by atoms with Crippen LogP contribution in [0.5, 0.6) is 0 Å². The third kappa shape index (κ3) is 3.30. The fraction of sp³-hybridized carbons (Fsp3) is 0.333. The van der Waals surface area contributed by atoms with Crippen LogP contribution in [-0.2, 0) is 4.74 Å². The van der Waals surface area contributed by atoms with Crippen LogP contribution in [0.3, 0.4) is 0 Å². The predicted molar refractivity (Wildman–Crippen MR) is 68.1 cm³/mol. The summed E-state index contributed by atoms with van der Waals surface area (Å²) in [5.74, 6) is -0.120. The van der Waals surface area contributed by atoms with Crippen LogP contribution in [0.2, 0.25) is 0 Å². The number of halogens is 1. The van der Waals surface area contributed by atoms with E-state index in [0.29, 0.717) is 5.56 Å². The summed E-state index contributed by atoms with van der Waals surface area (Å²) >= 11 is 3.30. The van der Waals surface area contributed by atoms with Gasteiger partial charge in [-0.1, -0.05) is 28.1 Å². The van der Waals surface area contributed by atoms with E-state index in [2.05, 4.69) is 20.7 Å². The van der Waals surface area contributed by atoms with Crippen molar-refractivity contribution in [1.82, 2.24) is 4.90 Å². The van der Waals surface area contributed by atoms with Crippen LogP contribution in [0.15, 0.2) is 28.7 Å². The lowest BCUT2D eigenvalue weighted by Gasteiger charge is -2.22. The van der Waals surface area contributed by atoms with Crippen molar-refractivity contribution in [2.75, 3.05) is 14.2 Å². The second-order valence-corrected chi connectivity index (χ2v) is 4.54. The van der Waals surface area contributed by atoms with Crippen molar-refractivity contribution in [3.8, 4) is 0 Å². The second kappa shape index (κ2) is 5.82. The Bertz CT molecular complexity index is 416. The van der Waals surface area contributed by atoms with Gasteiger partial charge in [0.05, 0.1) is 13.2 Å². The molecule has 0 aliphatic carbocycles. The van der Waals surface area contributed by atoms with E-state index in [4.69, 9.17) is 0 Å². The number of carbonyl (C=O) groups excluding carboxylic acids is 2. The smallest absolute Gasteiger partial charge is 0.409 e. The molecule has 1 amide bonds. The van der Waals surface area contributed by atoms with Gasteiger partial charge in [0.25, 0.3) is 0 Å². The lowest BCUT2D eigenvalue weighted by Crippen LogP contribution is -2.40. The number of nitrogens with zero attached hydrogens (tertiary/aromatic N) is 1. The average Bonchev–Trinajstić information content (AvgIpc) is 2.36.